The summed E-state index contributed by atoms with van der Waals surface area (Å²) in [5.41, 5.74) is 5.82. The van der Waals surface area contributed by atoms with E-state index in [0.29, 0.717) is 17.3 Å². The smallest absolute Gasteiger partial charge is 0.271 e. The van der Waals surface area contributed by atoms with Crippen molar-refractivity contribution in [3.05, 3.63) is 66.3 Å². The molecule has 1 aromatic carbocycles. The number of benzene rings is 1. The van der Waals surface area contributed by atoms with Crippen molar-refractivity contribution in [2.24, 2.45) is 0 Å². The van der Waals surface area contributed by atoms with Gasteiger partial charge < -0.3 is 4.42 Å². The minimum absolute atomic E-state index is 0.101. The van der Waals surface area contributed by atoms with Crippen LogP contribution in [0.25, 0.3) is 11.5 Å². The van der Waals surface area contributed by atoms with Gasteiger partial charge in [0.25, 0.3) is 5.91 Å². The van der Waals surface area contributed by atoms with E-state index >= 15 is 0 Å². The number of nitrogens with zero attached hydrogens (tertiary/aromatic N) is 3. The molecule has 3 rings (SSSR count). The largest absolute Gasteiger partial charge is 0.421 e. The highest BCUT2D eigenvalue weighted by atomic mass is 16.4. The lowest BCUT2D eigenvalue weighted by Crippen LogP contribution is -2.41. The molecular weight excluding hydrogens is 322 g/mol. The molecule has 0 saturated heterocycles. The predicted molar refractivity (Wildman–Crippen MR) is 87.9 cm³/mol. The second-order valence-electron chi connectivity index (χ2n) is 5.11. The first-order valence-electron chi connectivity index (χ1n) is 7.59. The summed E-state index contributed by atoms with van der Waals surface area (Å²) >= 11 is 0. The number of carbonyl (C=O) groups is 2. The number of aromatic nitrogens is 3. The number of pyridine rings is 1. The second-order valence-corrected chi connectivity index (χ2v) is 5.11. The molecule has 0 saturated carbocycles. The Morgan fingerprint density at radius 1 is 1.00 bits per heavy atom. The molecule has 0 radical (unpaired) electrons. The average Bonchev–Trinajstić information content (AvgIpc) is 3.15. The van der Waals surface area contributed by atoms with Gasteiger partial charge in [-0.25, -0.2) is 0 Å². The lowest BCUT2D eigenvalue weighted by Gasteiger charge is -2.06. The number of nitrogens with one attached hydrogen (secondary N) is 2. The van der Waals surface area contributed by atoms with Crippen molar-refractivity contribution in [3.8, 4) is 11.5 Å². The van der Waals surface area contributed by atoms with Crippen molar-refractivity contribution in [1.82, 2.24) is 26.0 Å². The number of rotatable bonds is 5. The van der Waals surface area contributed by atoms with Crippen LogP contribution in [0.3, 0.4) is 0 Å². The van der Waals surface area contributed by atoms with Crippen molar-refractivity contribution in [3.63, 3.8) is 0 Å². The van der Waals surface area contributed by atoms with Gasteiger partial charge in [-0.05, 0) is 24.3 Å². The summed E-state index contributed by atoms with van der Waals surface area (Å²) in [6.07, 6.45) is 3.34. The Hall–Kier alpha value is -3.55. The van der Waals surface area contributed by atoms with Crippen molar-refractivity contribution in [1.29, 1.82) is 0 Å². The Morgan fingerprint density at radius 2 is 1.84 bits per heavy atom. The van der Waals surface area contributed by atoms with Gasteiger partial charge in [0.15, 0.2) is 0 Å². The molecule has 25 heavy (non-hydrogen) atoms. The summed E-state index contributed by atoms with van der Waals surface area (Å²) < 4.78 is 5.52. The molecule has 8 nitrogen and oxygen atoms in total. The van der Waals surface area contributed by atoms with Crippen LogP contribution in [0.5, 0.6) is 0 Å². The van der Waals surface area contributed by atoms with Gasteiger partial charge in [-0.3, -0.25) is 25.4 Å². The van der Waals surface area contributed by atoms with Gasteiger partial charge in [0.1, 0.15) is 0 Å². The minimum Gasteiger partial charge on any atom is -0.421 e. The maximum absolute atomic E-state index is 11.8. The fourth-order valence-corrected chi connectivity index (χ4v) is 2.03. The maximum atomic E-state index is 11.8. The van der Waals surface area contributed by atoms with E-state index < -0.39 is 5.91 Å². The third-order valence-corrected chi connectivity index (χ3v) is 3.29. The zero-order valence-electron chi connectivity index (χ0n) is 13.2. The van der Waals surface area contributed by atoms with Gasteiger partial charge in [-0.15, -0.1) is 10.2 Å². The van der Waals surface area contributed by atoms with E-state index in [0.717, 1.165) is 5.56 Å². The molecular formula is C17H15N5O3. The third kappa shape index (κ3) is 4.47. The summed E-state index contributed by atoms with van der Waals surface area (Å²) in [6, 6.07) is 12.6. The van der Waals surface area contributed by atoms with Crippen LogP contribution in [0.15, 0.2) is 59.3 Å². The molecule has 2 heterocycles. The fourth-order valence-electron chi connectivity index (χ4n) is 2.03. The van der Waals surface area contributed by atoms with Gasteiger partial charge in [0, 0.05) is 30.8 Å². The van der Waals surface area contributed by atoms with E-state index in [2.05, 4.69) is 26.0 Å². The van der Waals surface area contributed by atoms with Gasteiger partial charge in [0.05, 0.1) is 5.56 Å². The number of amides is 2. The molecule has 0 aliphatic rings. The standard InChI is InChI=1S/C17H15N5O3/c23-14(19-21-16(24)13-7-4-10-18-11-13)8-9-15-20-22-17(25-15)12-5-2-1-3-6-12/h1-7,10-11H,8-9H2,(H,19,23)(H,21,24). The zero-order valence-corrected chi connectivity index (χ0v) is 13.2. The molecule has 0 atom stereocenters. The first-order chi connectivity index (χ1) is 12.2. The number of hydrogen-bond acceptors (Lipinski definition) is 6. The lowest BCUT2D eigenvalue weighted by atomic mass is 10.2. The highest BCUT2D eigenvalue weighted by Crippen LogP contribution is 2.17. The Labute approximate surface area is 143 Å². The molecule has 0 aliphatic heterocycles. The van der Waals surface area contributed by atoms with Crippen LogP contribution in [0.4, 0.5) is 0 Å². The molecule has 0 fully saturated rings. The quantitative estimate of drug-likeness (QED) is 0.683. The number of carbonyl (C=O) groups excluding carboxylic acids is 2. The van der Waals surface area contributed by atoms with Crippen LogP contribution in [-0.4, -0.2) is 27.0 Å². The highest BCUT2D eigenvalue weighted by molar-refractivity contribution is 5.95. The zero-order chi connectivity index (χ0) is 17.5. The predicted octanol–water partition coefficient (Wildman–Crippen LogP) is 1.53. The fraction of sp³-hybridized carbons (Fsp3) is 0.118. The molecule has 3 aromatic rings. The Bertz CT molecular complexity index is 849. The van der Waals surface area contributed by atoms with Gasteiger partial charge in [-0.1, -0.05) is 18.2 Å². The van der Waals surface area contributed by atoms with Crippen LogP contribution in [0.2, 0.25) is 0 Å². The number of hydrazine groups is 1. The Kier molecular flexibility index (Phi) is 5.10. The van der Waals surface area contributed by atoms with Crippen LogP contribution in [-0.2, 0) is 11.2 Å². The van der Waals surface area contributed by atoms with E-state index in [1.807, 2.05) is 30.3 Å². The molecule has 0 spiro atoms. The van der Waals surface area contributed by atoms with E-state index in [-0.39, 0.29) is 18.7 Å². The second kappa shape index (κ2) is 7.82. The molecule has 2 N–H and O–H groups in total. The Balaban J connectivity index is 1.47. The summed E-state index contributed by atoms with van der Waals surface area (Å²) in [5.74, 6) is -0.0456. The van der Waals surface area contributed by atoms with E-state index in [1.165, 1.54) is 6.20 Å². The van der Waals surface area contributed by atoms with Crippen LogP contribution >= 0.6 is 0 Å². The van der Waals surface area contributed by atoms with Crippen molar-refractivity contribution < 1.29 is 14.0 Å². The molecule has 0 bridgehead atoms. The third-order valence-electron chi connectivity index (χ3n) is 3.29. The molecule has 126 valence electrons. The summed E-state index contributed by atoms with van der Waals surface area (Å²) in [5, 5.41) is 7.87. The molecule has 8 heteroatoms. The number of hydrogen-bond donors (Lipinski definition) is 2. The van der Waals surface area contributed by atoms with Crippen molar-refractivity contribution in [2.75, 3.05) is 0 Å². The monoisotopic (exact) mass is 337 g/mol. The van der Waals surface area contributed by atoms with Gasteiger partial charge in [0.2, 0.25) is 17.7 Å². The SMILES string of the molecule is O=C(CCc1nnc(-c2ccccc2)o1)NNC(=O)c1cccnc1. The molecule has 0 aliphatic carbocycles. The molecule has 0 unspecified atom stereocenters. The van der Waals surface area contributed by atoms with Gasteiger partial charge in [-0.2, -0.15) is 0 Å². The van der Waals surface area contributed by atoms with Crippen LogP contribution in [0, 0.1) is 0 Å². The minimum atomic E-state index is -0.439. The molecule has 2 aromatic heterocycles. The van der Waals surface area contributed by atoms with E-state index in [9.17, 15) is 9.59 Å². The first-order valence-corrected chi connectivity index (χ1v) is 7.59. The Morgan fingerprint density at radius 3 is 2.60 bits per heavy atom. The van der Waals surface area contributed by atoms with Crippen LogP contribution < -0.4 is 10.9 Å². The normalized spacial score (nSPS) is 10.2. The van der Waals surface area contributed by atoms with Crippen molar-refractivity contribution in [2.45, 2.75) is 12.8 Å². The van der Waals surface area contributed by atoms with Crippen molar-refractivity contribution >= 4 is 11.8 Å². The van der Waals surface area contributed by atoms with Gasteiger partial charge >= 0.3 is 0 Å². The molecule has 2 amide bonds. The average molecular weight is 337 g/mol. The summed E-state index contributed by atoms with van der Waals surface area (Å²) in [7, 11) is 0. The maximum Gasteiger partial charge on any atom is 0.271 e. The van der Waals surface area contributed by atoms with E-state index in [1.54, 1.807) is 18.3 Å². The topological polar surface area (TPSA) is 110 Å². The number of aryl methyl sites for hydroxylation is 1. The summed E-state index contributed by atoms with van der Waals surface area (Å²) in [4.78, 5) is 27.4. The van der Waals surface area contributed by atoms with E-state index in [4.69, 9.17) is 4.42 Å². The highest BCUT2D eigenvalue weighted by Gasteiger charge is 2.11. The first kappa shape index (κ1) is 16.3. The summed E-state index contributed by atoms with van der Waals surface area (Å²) in [6.45, 7) is 0. The van der Waals surface area contributed by atoms with Crippen LogP contribution in [0.1, 0.15) is 22.7 Å². The lowest BCUT2D eigenvalue weighted by molar-refractivity contribution is -0.121.